The summed E-state index contributed by atoms with van der Waals surface area (Å²) in [4.78, 5) is 13.7. The fraction of sp³-hybridized carbons (Fsp3) is 0.818. The van der Waals surface area contributed by atoms with Gasteiger partial charge in [0.1, 0.15) is 0 Å². The highest BCUT2D eigenvalue weighted by atomic mass is 16.2. The van der Waals surface area contributed by atoms with Crippen LogP contribution < -0.4 is 0 Å². The standard InChI is InChI=1S/C11H21N3O/c1-11(2,3)9-8-10(15)14(12-9)7-6-13(4)5/h6-8H2,1-5H3. The van der Waals surface area contributed by atoms with Gasteiger partial charge in [0.2, 0.25) is 5.91 Å². The second kappa shape index (κ2) is 4.31. The highest BCUT2D eigenvalue weighted by molar-refractivity contribution is 6.07. The Kier molecular flexibility index (Phi) is 3.50. The smallest absolute Gasteiger partial charge is 0.248 e. The van der Waals surface area contributed by atoms with Crippen LogP contribution in [0, 0.1) is 5.41 Å². The normalized spacial score (nSPS) is 17.6. The van der Waals surface area contributed by atoms with Crippen molar-refractivity contribution in [2.24, 2.45) is 10.5 Å². The van der Waals surface area contributed by atoms with E-state index in [2.05, 4.69) is 30.8 Å². The van der Waals surface area contributed by atoms with Crippen molar-refractivity contribution in [2.75, 3.05) is 27.2 Å². The van der Waals surface area contributed by atoms with Crippen molar-refractivity contribution in [2.45, 2.75) is 27.2 Å². The third-order valence-electron chi connectivity index (χ3n) is 2.47. The molecule has 1 aliphatic rings. The van der Waals surface area contributed by atoms with Gasteiger partial charge in [-0.15, -0.1) is 0 Å². The number of carbonyl (C=O) groups is 1. The first-order valence-corrected chi connectivity index (χ1v) is 5.34. The third-order valence-corrected chi connectivity index (χ3v) is 2.47. The summed E-state index contributed by atoms with van der Waals surface area (Å²) in [6.45, 7) is 7.82. The number of hydrogen-bond acceptors (Lipinski definition) is 3. The van der Waals surface area contributed by atoms with E-state index in [-0.39, 0.29) is 11.3 Å². The number of hydrazone groups is 1. The maximum atomic E-state index is 11.6. The van der Waals surface area contributed by atoms with Gasteiger partial charge in [-0.05, 0) is 14.1 Å². The van der Waals surface area contributed by atoms with Gasteiger partial charge in [0.15, 0.2) is 0 Å². The summed E-state index contributed by atoms with van der Waals surface area (Å²) in [7, 11) is 3.99. The Morgan fingerprint density at radius 1 is 1.40 bits per heavy atom. The second-order valence-electron chi connectivity index (χ2n) is 5.29. The molecule has 0 fully saturated rings. The Balaban J connectivity index is 2.60. The highest BCUT2D eigenvalue weighted by Crippen LogP contribution is 2.23. The van der Waals surface area contributed by atoms with Crippen molar-refractivity contribution in [1.29, 1.82) is 0 Å². The van der Waals surface area contributed by atoms with E-state index in [0.717, 1.165) is 12.3 Å². The molecule has 0 saturated carbocycles. The first-order chi connectivity index (χ1) is 6.80. The molecule has 0 aromatic heterocycles. The first kappa shape index (κ1) is 12.2. The van der Waals surface area contributed by atoms with Crippen molar-refractivity contribution in [3.05, 3.63) is 0 Å². The van der Waals surface area contributed by atoms with Crippen LogP contribution in [0.15, 0.2) is 5.10 Å². The average Bonchev–Trinajstić information content (AvgIpc) is 2.42. The summed E-state index contributed by atoms with van der Waals surface area (Å²) in [6.07, 6.45) is 0.483. The van der Waals surface area contributed by atoms with Gasteiger partial charge < -0.3 is 4.90 Å². The first-order valence-electron chi connectivity index (χ1n) is 5.34. The molecule has 0 bridgehead atoms. The monoisotopic (exact) mass is 211 g/mol. The van der Waals surface area contributed by atoms with Crippen molar-refractivity contribution < 1.29 is 4.79 Å². The fourth-order valence-electron chi connectivity index (χ4n) is 1.36. The molecule has 0 aliphatic carbocycles. The minimum Gasteiger partial charge on any atom is -0.308 e. The zero-order chi connectivity index (χ0) is 11.6. The molecular weight excluding hydrogens is 190 g/mol. The molecule has 0 unspecified atom stereocenters. The van der Waals surface area contributed by atoms with Gasteiger partial charge in [-0.2, -0.15) is 5.10 Å². The number of likely N-dealkylation sites (N-methyl/N-ethyl adjacent to an activating group) is 1. The summed E-state index contributed by atoms with van der Waals surface area (Å²) >= 11 is 0. The van der Waals surface area contributed by atoms with Crippen LogP contribution in [0.2, 0.25) is 0 Å². The molecule has 15 heavy (non-hydrogen) atoms. The summed E-state index contributed by atoms with van der Waals surface area (Å²) < 4.78 is 0. The minimum absolute atomic E-state index is 0.00251. The molecule has 0 aromatic rings. The third kappa shape index (κ3) is 3.30. The van der Waals surface area contributed by atoms with E-state index in [1.165, 1.54) is 0 Å². The summed E-state index contributed by atoms with van der Waals surface area (Å²) in [5.41, 5.74) is 0.994. The molecule has 0 radical (unpaired) electrons. The zero-order valence-electron chi connectivity index (χ0n) is 10.4. The molecule has 0 saturated heterocycles. The molecule has 1 heterocycles. The van der Waals surface area contributed by atoms with E-state index >= 15 is 0 Å². The van der Waals surface area contributed by atoms with Crippen LogP contribution in [-0.4, -0.2) is 48.7 Å². The van der Waals surface area contributed by atoms with Crippen LogP contribution in [-0.2, 0) is 4.79 Å². The lowest BCUT2D eigenvalue weighted by Gasteiger charge is -2.17. The zero-order valence-corrected chi connectivity index (χ0v) is 10.4. The quantitative estimate of drug-likeness (QED) is 0.703. The van der Waals surface area contributed by atoms with Crippen LogP contribution in [0.4, 0.5) is 0 Å². The molecule has 4 nitrogen and oxygen atoms in total. The van der Waals surface area contributed by atoms with Crippen molar-refractivity contribution in [1.82, 2.24) is 9.91 Å². The molecule has 86 valence electrons. The SMILES string of the molecule is CN(C)CCN1N=C(C(C)(C)C)CC1=O. The Hall–Kier alpha value is -0.900. The second-order valence-corrected chi connectivity index (χ2v) is 5.29. The molecule has 1 aliphatic heterocycles. The Labute approximate surface area is 91.9 Å². The van der Waals surface area contributed by atoms with Crippen LogP contribution in [0.25, 0.3) is 0 Å². The summed E-state index contributed by atoms with van der Waals surface area (Å²) in [5, 5.41) is 5.98. The summed E-state index contributed by atoms with van der Waals surface area (Å²) in [6, 6.07) is 0. The largest absolute Gasteiger partial charge is 0.308 e. The number of amides is 1. The van der Waals surface area contributed by atoms with Crippen LogP contribution in [0.1, 0.15) is 27.2 Å². The lowest BCUT2D eigenvalue weighted by molar-refractivity contribution is -0.128. The van der Waals surface area contributed by atoms with Crippen LogP contribution >= 0.6 is 0 Å². The van der Waals surface area contributed by atoms with Gasteiger partial charge in [-0.3, -0.25) is 4.79 Å². The van der Waals surface area contributed by atoms with Crippen molar-refractivity contribution >= 4 is 11.6 Å². The van der Waals surface area contributed by atoms with Gasteiger partial charge >= 0.3 is 0 Å². The van der Waals surface area contributed by atoms with Crippen LogP contribution in [0.3, 0.4) is 0 Å². The minimum atomic E-state index is 0.00251. The fourth-order valence-corrected chi connectivity index (χ4v) is 1.36. The van der Waals surface area contributed by atoms with Gasteiger partial charge in [0.05, 0.1) is 18.7 Å². The van der Waals surface area contributed by atoms with Crippen molar-refractivity contribution in [3.8, 4) is 0 Å². The molecule has 1 rings (SSSR count). The maximum absolute atomic E-state index is 11.6. The molecular formula is C11H21N3O. The lowest BCUT2D eigenvalue weighted by atomic mass is 9.88. The Morgan fingerprint density at radius 3 is 2.40 bits per heavy atom. The maximum Gasteiger partial charge on any atom is 0.248 e. The Bertz CT molecular complexity index is 276. The van der Waals surface area contributed by atoms with E-state index < -0.39 is 0 Å². The predicted molar refractivity (Wildman–Crippen MR) is 61.8 cm³/mol. The van der Waals surface area contributed by atoms with Crippen molar-refractivity contribution in [3.63, 3.8) is 0 Å². The van der Waals surface area contributed by atoms with E-state index in [1.54, 1.807) is 5.01 Å². The molecule has 0 aromatic carbocycles. The summed E-state index contributed by atoms with van der Waals surface area (Å²) in [5.74, 6) is 0.127. The van der Waals surface area contributed by atoms with E-state index in [1.807, 2.05) is 14.1 Å². The highest BCUT2D eigenvalue weighted by Gasteiger charge is 2.30. The molecule has 0 spiro atoms. The average molecular weight is 211 g/mol. The van der Waals surface area contributed by atoms with Crippen LogP contribution in [0.5, 0.6) is 0 Å². The Morgan fingerprint density at radius 2 is 2.00 bits per heavy atom. The number of hydrogen-bond donors (Lipinski definition) is 0. The number of carbonyl (C=O) groups excluding carboxylic acids is 1. The molecule has 1 amide bonds. The topological polar surface area (TPSA) is 35.9 Å². The van der Waals surface area contributed by atoms with Gasteiger partial charge in [0, 0.05) is 12.0 Å². The number of rotatable bonds is 3. The lowest BCUT2D eigenvalue weighted by Crippen LogP contribution is -2.29. The van der Waals surface area contributed by atoms with Gasteiger partial charge in [0.25, 0.3) is 0 Å². The van der Waals surface area contributed by atoms with E-state index in [9.17, 15) is 4.79 Å². The predicted octanol–water partition coefficient (Wildman–Crippen LogP) is 1.18. The van der Waals surface area contributed by atoms with E-state index in [4.69, 9.17) is 0 Å². The van der Waals surface area contributed by atoms with E-state index in [0.29, 0.717) is 13.0 Å². The number of nitrogens with zero attached hydrogens (tertiary/aromatic N) is 3. The van der Waals surface area contributed by atoms with Gasteiger partial charge in [-0.1, -0.05) is 20.8 Å². The molecule has 0 N–H and O–H groups in total. The molecule has 4 heteroatoms. The molecule has 0 atom stereocenters. The van der Waals surface area contributed by atoms with Gasteiger partial charge in [-0.25, -0.2) is 5.01 Å².